The van der Waals surface area contributed by atoms with E-state index in [0.29, 0.717) is 0 Å². The summed E-state index contributed by atoms with van der Waals surface area (Å²) in [5.74, 6) is 1.07. The second-order valence-corrected chi connectivity index (χ2v) is 4.35. The van der Waals surface area contributed by atoms with Crippen LogP contribution in [0, 0.1) is 0 Å². The van der Waals surface area contributed by atoms with Gasteiger partial charge in [-0.15, -0.1) is 0 Å². The Morgan fingerprint density at radius 1 is 0.643 bits per heavy atom. The Morgan fingerprint density at radius 3 is 1.36 bits per heavy atom. The molecule has 0 radical (unpaired) electrons. The minimum Gasteiger partial charge on any atom is -0.344 e. The molecule has 0 bridgehead atoms. The van der Waals surface area contributed by atoms with E-state index in [0.717, 1.165) is 5.75 Å². The van der Waals surface area contributed by atoms with Gasteiger partial charge in [0.05, 0.1) is 0 Å². The monoisotopic (exact) mass is 219 g/mol. The maximum atomic E-state index is 4.20. The summed E-state index contributed by atoms with van der Waals surface area (Å²) in [5.41, 5.74) is 0. The maximum absolute atomic E-state index is 4.20. The maximum Gasteiger partial charge on any atom is -0.00979 e. The van der Waals surface area contributed by atoms with Crippen molar-refractivity contribution in [1.29, 1.82) is 0 Å². The molecule has 0 aliphatic carbocycles. The zero-order valence-corrected chi connectivity index (χ0v) is 10.8. The topological polar surface area (TPSA) is 35.0 Å². The molecule has 0 aromatic carbocycles. The van der Waals surface area contributed by atoms with Crippen molar-refractivity contribution in [2.45, 2.75) is 71.1 Å². The molecule has 88 valence electrons. The quantitative estimate of drug-likeness (QED) is 0.393. The predicted molar refractivity (Wildman–Crippen MR) is 70.7 cm³/mol. The van der Waals surface area contributed by atoms with E-state index >= 15 is 0 Å². The van der Waals surface area contributed by atoms with Gasteiger partial charge in [0, 0.05) is 0 Å². The van der Waals surface area contributed by atoms with Gasteiger partial charge in [-0.25, -0.2) is 0 Å². The molecule has 0 saturated heterocycles. The smallest absolute Gasteiger partial charge is 0.00979 e. The van der Waals surface area contributed by atoms with Gasteiger partial charge in [-0.05, 0) is 12.2 Å². The molecule has 0 atom stereocenters. The second-order valence-electron chi connectivity index (χ2n) is 3.91. The Morgan fingerprint density at radius 2 is 1.00 bits per heavy atom. The summed E-state index contributed by atoms with van der Waals surface area (Å²) in [6.07, 6.45) is 14.2. The van der Waals surface area contributed by atoms with Crippen molar-refractivity contribution < 1.29 is 0 Å². The molecule has 0 spiro atoms. The van der Waals surface area contributed by atoms with Crippen molar-refractivity contribution in [3.05, 3.63) is 0 Å². The Labute approximate surface area is 96.0 Å². The van der Waals surface area contributed by atoms with E-state index in [4.69, 9.17) is 0 Å². The van der Waals surface area contributed by atoms with Crippen LogP contribution in [-0.4, -0.2) is 5.75 Å². The molecule has 0 saturated carbocycles. The molecule has 0 unspecified atom stereocenters. The van der Waals surface area contributed by atoms with Crippen LogP contribution in [0.5, 0.6) is 0 Å². The lowest BCUT2D eigenvalue weighted by molar-refractivity contribution is 0.563. The van der Waals surface area contributed by atoms with Crippen LogP contribution < -0.4 is 6.15 Å². The first-order chi connectivity index (χ1) is 6.41. The lowest BCUT2D eigenvalue weighted by atomic mass is 10.1. The number of unbranched alkanes of at least 4 members (excludes halogenated alkanes) is 9. The summed E-state index contributed by atoms with van der Waals surface area (Å²) in [6, 6.07) is 0. The summed E-state index contributed by atoms with van der Waals surface area (Å²) in [6.45, 7) is 2.28. The van der Waals surface area contributed by atoms with E-state index in [-0.39, 0.29) is 6.15 Å². The van der Waals surface area contributed by atoms with Crippen LogP contribution in [-0.2, 0) is 0 Å². The fraction of sp³-hybridized carbons (Fsp3) is 1.00. The van der Waals surface area contributed by atoms with Crippen LogP contribution in [0.1, 0.15) is 71.1 Å². The van der Waals surface area contributed by atoms with Crippen molar-refractivity contribution in [1.82, 2.24) is 6.15 Å². The SMILES string of the molecule is CCCCCCCCCCCCS.N. The molecule has 0 rings (SSSR count). The first-order valence-electron chi connectivity index (χ1n) is 6.02. The Bertz CT molecular complexity index is 76.4. The van der Waals surface area contributed by atoms with Crippen molar-refractivity contribution in [3.63, 3.8) is 0 Å². The second kappa shape index (κ2) is 15.8. The predicted octanol–water partition coefficient (Wildman–Crippen LogP) is 5.00. The lowest BCUT2D eigenvalue weighted by Gasteiger charge is -2.00. The molecule has 3 N–H and O–H groups in total. The molecule has 0 aliphatic rings. The zero-order chi connectivity index (χ0) is 9.78. The van der Waals surface area contributed by atoms with Gasteiger partial charge < -0.3 is 6.15 Å². The summed E-state index contributed by atoms with van der Waals surface area (Å²) >= 11 is 4.20. The van der Waals surface area contributed by atoms with Gasteiger partial charge in [0.2, 0.25) is 0 Å². The first-order valence-corrected chi connectivity index (χ1v) is 6.66. The third-order valence-electron chi connectivity index (χ3n) is 2.51. The minimum atomic E-state index is 0. The van der Waals surface area contributed by atoms with Gasteiger partial charge in [-0.2, -0.15) is 12.6 Å². The van der Waals surface area contributed by atoms with Crippen molar-refractivity contribution in [2.24, 2.45) is 0 Å². The molecule has 1 nitrogen and oxygen atoms in total. The van der Waals surface area contributed by atoms with Crippen LogP contribution in [0.4, 0.5) is 0 Å². The van der Waals surface area contributed by atoms with Crippen LogP contribution in [0.15, 0.2) is 0 Å². The van der Waals surface area contributed by atoms with Crippen LogP contribution >= 0.6 is 12.6 Å². The molecule has 14 heavy (non-hydrogen) atoms. The molecular formula is C12H29NS. The van der Waals surface area contributed by atoms with E-state index in [1.807, 2.05) is 0 Å². The highest BCUT2D eigenvalue weighted by Crippen LogP contribution is 2.10. The van der Waals surface area contributed by atoms with E-state index in [1.165, 1.54) is 64.2 Å². The number of hydrogen-bond acceptors (Lipinski definition) is 2. The highest BCUT2D eigenvalue weighted by Gasteiger charge is 1.91. The summed E-state index contributed by atoms with van der Waals surface area (Å²) < 4.78 is 0. The zero-order valence-electron chi connectivity index (χ0n) is 9.93. The number of thiol groups is 1. The van der Waals surface area contributed by atoms with Gasteiger partial charge in [0.15, 0.2) is 0 Å². The van der Waals surface area contributed by atoms with E-state index < -0.39 is 0 Å². The van der Waals surface area contributed by atoms with Gasteiger partial charge in [0.25, 0.3) is 0 Å². The van der Waals surface area contributed by atoms with Gasteiger partial charge in [-0.1, -0.05) is 64.7 Å². The van der Waals surface area contributed by atoms with E-state index in [1.54, 1.807) is 0 Å². The van der Waals surface area contributed by atoms with Crippen molar-refractivity contribution in [2.75, 3.05) is 5.75 Å². The standard InChI is InChI=1S/C12H26S.H3N/c1-2-3-4-5-6-7-8-9-10-11-12-13;/h13H,2-12H2,1H3;1H3. The number of rotatable bonds is 10. The van der Waals surface area contributed by atoms with Gasteiger partial charge in [0.1, 0.15) is 0 Å². The summed E-state index contributed by atoms with van der Waals surface area (Å²) in [4.78, 5) is 0. The van der Waals surface area contributed by atoms with Crippen LogP contribution in [0.25, 0.3) is 0 Å². The van der Waals surface area contributed by atoms with Crippen molar-refractivity contribution in [3.8, 4) is 0 Å². The van der Waals surface area contributed by atoms with Crippen molar-refractivity contribution >= 4 is 12.6 Å². The fourth-order valence-electron chi connectivity index (χ4n) is 1.60. The van der Waals surface area contributed by atoms with Crippen LogP contribution in [0.3, 0.4) is 0 Å². The Hall–Kier alpha value is 0.310. The largest absolute Gasteiger partial charge is 0.344 e. The summed E-state index contributed by atoms with van der Waals surface area (Å²) in [7, 11) is 0. The third kappa shape index (κ3) is 14.8. The number of hydrogen-bond donors (Lipinski definition) is 2. The molecule has 0 fully saturated rings. The normalized spacial score (nSPS) is 9.86. The van der Waals surface area contributed by atoms with Crippen LogP contribution in [0.2, 0.25) is 0 Å². The van der Waals surface area contributed by atoms with E-state index in [2.05, 4.69) is 19.6 Å². The molecule has 0 aromatic rings. The molecule has 0 amide bonds. The molecule has 0 aromatic heterocycles. The Kier molecular flexibility index (Phi) is 18.8. The van der Waals surface area contributed by atoms with Gasteiger partial charge >= 0.3 is 0 Å². The highest BCUT2D eigenvalue weighted by atomic mass is 32.1. The fourth-order valence-corrected chi connectivity index (χ4v) is 1.82. The van der Waals surface area contributed by atoms with E-state index in [9.17, 15) is 0 Å². The first kappa shape index (κ1) is 16.7. The summed E-state index contributed by atoms with van der Waals surface area (Å²) in [5, 5.41) is 0. The third-order valence-corrected chi connectivity index (χ3v) is 2.83. The Balaban J connectivity index is 0. The lowest BCUT2D eigenvalue weighted by Crippen LogP contribution is -1.81. The average molecular weight is 219 g/mol. The molecule has 2 heteroatoms. The highest BCUT2D eigenvalue weighted by molar-refractivity contribution is 7.80. The molecular weight excluding hydrogens is 190 g/mol. The molecule has 0 heterocycles. The minimum absolute atomic E-state index is 0. The average Bonchev–Trinajstić information content (AvgIpc) is 2.16. The molecule has 0 aliphatic heterocycles. The van der Waals surface area contributed by atoms with Gasteiger partial charge in [-0.3, -0.25) is 0 Å².